The maximum absolute atomic E-state index is 12.6. The topological polar surface area (TPSA) is 52.6 Å². The Hall–Kier alpha value is -2.01. The van der Waals surface area contributed by atoms with Crippen LogP contribution < -0.4 is 8.92 Å². The van der Waals surface area contributed by atoms with Gasteiger partial charge < -0.3 is 8.92 Å². The van der Waals surface area contributed by atoms with Crippen molar-refractivity contribution in [3.8, 4) is 11.5 Å². The monoisotopic (exact) mass is 348 g/mol. The summed E-state index contributed by atoms with van der Waals surface area (Å²) in [5.74, 6) is 0.813. The number of benzene rings is 2. The summed E-state index contributed by atoms with van der Waals surface area (Å²) in [6.07, 6.45) is 0. The molecule has 0 amide bonds. The van der Waals surface area contributed by atoms with Crippen LogP contribution >= 0.6 is 0 Å². The van der Waals surface area contributed by atoms with Crippen LogP contribution in [0.5, 0.6) is 11.5 Å². The number of ether oxygens (including phenoxy) is 1. The summed E-state index contributed by atoms with van der Waals surface area (Å²) in [7, 11) is -2.41. The molecule has 0 saturated heterocycles. The van der Waals surface area contributed by atoms with Crippen molar-refractivity contribution in [3.63, 3.8) is 0 Å². The van der Waals surface area contributed by atoms with Crippen LogP contribution in [0.1, 0.15) is 37.5 Å². The number of hydrogen-bond donors (Lipinski definition) is 0. The van der Waals surface area contributed by atoms with Gasteiger partial charge in [0.05, 0.1) is 7.11 Å². The molecule has 0 aliphatic rings. The summed E-state index contributed by atoms with van der Waals surface area (Å²) in [5.41, 5.74) is 2.61. The van der Waals surface area contributed by atoms with E-state index in [1.165, 1.54) is 13.2 Å². The fourth-order valence-corrected chi connectivity index (χ4v) is 3.64. The lowest BCUT2D eigenvalue weighted by Gasteiger charge is -2.19. The zero-order valence-electron chi connectivity index (χ0n) is 15.0. The molecular formula is C19H24O4S. The van der Waals surface area contributed by atoms with Crippen molar-refractivity contribution in [2.45, 2.75) is 44.9 Å². The predicted octanol–water partition coefficient (Wildman–Crippen LogP) is 4.38. The normalized spacial score (nSPS) is 12.1. The second-order valence-corrected chi connectivity index (χ2v) is 8.41. The van der Waals surface area contributed by atoms with Gasteiger partial charge in [-0.15, -0.1) is 0 Å². The lowest BCUT2D eigenvalue weighted by Crippen LogP contribution is -2.13. The molecule has 2 aromatic rings. The zero-order valence-corrected chi connectivity index (χ0v) is 15.8. The van der Waals surface area contributed by atoms with Crippen LogP contribution in [-0.4, -0.2) is 15.5 Å². The molecule has 2 rings (SSSR count). The van der Waals surface area contributed by atoms with Gasteiger partial charge in [-0.3, -0.25) is 0 Å². The Kier molecular flexibility index (Phi) is 4.95. The number of hydrogen-bond acceptors (Lipinski definition) is 4. The fraction of sp³-hybridized carbons (Fsp3) is 0.368. The number of aryl methyl sites for hydroxylation is 2. The van der Waals surface area contributed by atoms with Gasteiger partial charge in [0.25, 0.3) is 0 Å². The standard InChI is InChI=1S/C19H24O4S/c1-13-11-14(2)18(12-17(13)22-6)24(20,21)23-16-9-7-15(8-10-16)19(3,4)5/h7-12H,1-6H3. The van der Waals surface area contributed by atoms with Gasteiger partial charge in [0.15, 0.2) is 0 Å². The van der Waals surface area contributed by atoms with E-state index in [2.05, 4.69) is 20.8 Å². The van der Waals surface area contributed by atoms with E-state index >= 15 is 0 Å². The molecule has 0 radical (unpaired) electrons. The van der Waals surface area contributed by atoms with Gasteiger partial charge in [0, 0.05) is 6.07 Å². The summed E-state index contributed by atoms with van der Waals surface area (Å²) in [4.78, 5) is 0.116. The lowest BCUT2D eigenvalue weighted by atomic mass is 9.87. The highest BCUT2D eigenvalue weighted by Gasteiger charge is 2.22. The molecule has 5 heteroatoms. The number of rotatable bonds is 4. The molecule has 0 aliphatic carbocycles. The Balaban J connectivity index is 2.35. The van der Waals surface area contributed by atoms with Gasteiger partial charge >= 0.3 is 10.1 Å². The van der Waals surface area contributed by atoms with E-state index in [1.54, 1.807) is 25.1 Å². The minimum absolute atomic E-state index is 0.00167. The first-order valence-corrected chi connectivity index (χ1v) is 9.15. The highest BCUT2D eigenvalue weighted by atomic mass is 32.2. The van der Waals surface area contributed by atoms with Crippen LogP contribution in [0.25, 0.3) is 0 Å². The number of methoxy groups -OCH3 is 1. The van der Waals surface area contributed by atoms with E-state index in [1.807, 2.05) is 19.1 Å². The first-order valence-electron chi connectivity index (χ1n) is 7.75. The molecule has 0 spiro atoms. The highest BCUT2D eigenvalue weighted by molar-refractivity contribution is 7.87. The summed E-state index contributed by atoms with van der Waals surface area (Å²) >= 11 is 0. The Morgan fingerprint density at radius 2 is 1.50 bits per heavy atom. The van der Waals surface area contributed by atoms with Gasteiger partial charge in [-0.25, -0.2) is 0 Å². The molecule has 4 nitrogen and oxygen atoms in total. The third-order valence-corrected chi connectivity index (χ3v) is 5.28. The zero-order chi connectivity index (χ0) is 18.1. The van der Waals surface area contributed by atoms with Crippen LogP contribution in [0.2, 0.25) is 0 Å². The summed E-state index contributed by atoms with van der Waals surface area (Å²) in [6.45, 7) is 9.91. The summed E-state index contributed by atoms with van der Waals surface area (Å²) in [6, 6.07) is 10.4. The molecule has 2 aromatic carbocycles. The van der Waals surface area contributed by atoms with Gasteiger partial charge in [-0.1, -0.05) is 39.0 Å². The van der Waals surface area contributed by atoms with E-state index < -0.39 is 10.1 Å². The molecule has 130 valence electrons. The Morgan fingerprint density at radius 3 is 2.00 bits per heavy atom. The Morgan fingerprint density at radius 1 is 0.917 bits per heavy atom. The summed E-state index contributed by atoms with van der Waals surface area (Å²) < 4.78 is 35.7. The highest BCUT2D eigenvalue weighted by Crippen LogP contribution is 2.29. The first-order chi connectivity index (χ1) is 11.0. The Labute approximate surface area is 144 Å². The van der Waals surface area contributed by atoms with Gasteiger partial charge in [0.1, 0.15) is 16.4 Å². The van der Waals surface area contributed by atoms with E-state index in [9.17, 15) is 8.42 Å². The van der Waals surface area contributed by atoms with Gasteiger partial charge in [-0.2, -0.15) is 8.42 Å². The third kappa shape index (κ3) is 3.90. The molecule has 0 saturated carbocycles. The van der Waals surface area contributed by atoms with Gasteiger partial charge in [0.2, 0.25) is 0 Å². The van der Waals surface area contributed by atoms with Crippen molar-refractivity contribution in [1.29, 1.82) is 0 Å². The smallest absolute Gasteiger partial charge is 0.339 e. The van der Waals surface area contributed by atoms with Gasteiger partial charge in [-0.05, 0) is 48.1 Å². The second-order valence-electron chi connectivity index (χ2n) is 6.90. The van der Waals surface area contributed by atoms with E-state index in [0.717, 1.165) is 11.1 Å². The SMILES string of the molecule is COc1cc(S(=O)(=O)Oc2ccc(C(C)(C)C)cc2)c(C)cc1C. The second kappa shape index (κ2) is 6.48. The van der Waals surface area contributed by atoms with Crippen molar-refractivity contribution in [2.24, 2.45) is 0 Å². The molecule has 0 aliphatic heterocycles. The summed E-state index contributed by atoms with van der Waals surface area (Å²) in [5, 5.41) is 0. The lowest BCUT2D eigenvalue weighted by molar-refractivity contribution is 0.409. The molecule has 0 N–H and O–H groups in total. The molecule has 0 heterocycles. The molecule has 0 unspecified atom stereocenters. The third-order valence-electron chi connectivity index (χ3n) is 3.89. The minimum atomic E-state index is -3.92. The van der Waals surface area contributed by atoms with Crippen molar-refractivity contribution >= 4 is 10.1 Å². The molecule has 0 bridgehead atoms. The Bertz CT molecular complexity index is 829. The van der Waals surface area contributed by atoms with Crippen LogP contribution in [0.4, 0.5) is 0 Å². The quantitative estimate of drug-likeness (QED) is 0.770. The van der Waals surface area contributed by atoms with Crippen LogP contribution in [-0.2, 0) is 15.5 Å². The van der Waals surface area contributed by atoms with Crippen LogP contribution in [0.3, 0.4) is 0 Å². The average molecular weight is 348 g/mol. The molecule has 0 fully saturated rings. The molecule has 24 heavy (non-hydrogen) atoms. The molecular weight excluding hydrogens is 324 g/mol. The molecule has 0 atom stereocenters. The maximum atomic E-state index is 12.6. The average Bonchev–Trinajstić information content (AvgIpc) is 2.46. The van der Waals surface area contributed by atoms with Crippen molar-refractivity contribution in [1.82, 2.24) is 0 Å². The fourth-order valence-electron chi connectivity index (χ4n) is 2.49. The predicted molar refractivity (Wildman–Crippen MR) is 95.4 cm³/mol. The largest absolute Gasteiger partial charge is 0.496 e. The van der Waals surface area contributed by atoms with Crippen LogP contribution in [0.15, 0.2) is 41.3 Å². The van der Waals surface area contributed by atoms with Crippen LogP contribution in [0, 0.1) is 13.8 Å². The van der Waals surface area contributed by atoms with Crippen molar-refractivity contribution in [3.05, 3.63) is 53.1 Å². The van der Waals surface area contributed by atoms with E-state index in [-0.39, 0.29) is 10.3 Å². The first kappa shape index (κ1) is 18.3. The minimum Gasteiger partial charge on any atom is -0.496 e. The molecule has 0 aromatic heterocycles. The van der Waals surface area contributed by atoms with Crippen molar-refractivity contribution in [2.75, 3.05) is 7.11 Å². The van der Waals surface area contributed by atoms with Crippen molar-refractivity contribution < 1.29 is 17.3 Å². The van der Waals surface area contributed by atoms with E-state index in [0.29, 0.717) is 17.1 Å². The maximum Gasteiger partial charge on any atom is 0.339 e. The van der Waals surface area contributed by atoms with E-state index in [4.69, 9.17) is 8.92 Å².